The second-order valence-corrected chi connectivity index (χ2v) is 5.22. The summed E-state index contributed by atoms with van der Waals surface area (Å²) in [5.41, 5.74) is 1.14. The lowest BCUT2D eigenvalue weighted by Gasteiger charge is -2.10. The predicted octanol–water partition coefficient (Wildman–Crippen LogP) is 2.66. The van der Waals surface area contributed by atoms with Gasteiger partial charge in [0.25, 0.3) is 0 Å². The third-order valence-electron chi connectivity index (χ3n) is 2.93. The molecule has 0 bridgehead atoms. The quantitative estimate of drug-likeness (QED) is 0.890. The maximum absolute atomic E-state index is 11.2. The fourth-order valence-electron chi connectivity index (χ4n) is 1.98. The Balaban J connectivity index is 2.53. The van der Waals surface area contributed by atoms with Gasteiger partial charge >= 0.3 is 5.97 Å². The summed E-state index contributed by atoms with van der Waals surface area (Å²) in [5.74, 6) is -0.936. The fraction of sp³-hybridized carbons (Fsp3) is 0.267. The van der Waals surface area contributed by atoms with Crippen molar-refractivity contribution in [2.75, 3.05) is 0 Å². The molecule has 19 heavy (non-hydrogen) atoms. The number of fused-ring (bicyclic) bond motifs is 1. The zero-order valence-electron chi connectivity index (χ0n) is 11.2. The second-order valence-electron chi connectivity index (χ2n) is 5.22. The maximum Gasteiger partial charge on any atom is 0.337 e. The molecule has 0 atom stereocenters. The lowest BCUT2D eigenvalue weighted by atomic mass is 10.1. The van der Waals surface area contributed by atoms with Gasteiger partial charge in [0.15, 0.2) is 0 Å². The van der Waals surface area contributed by atoms with Crippen LogP contribution < -0.4 is 0 Å². The number of aliphatic hydroxyl groups is 1. The molecule has 0 amide bonds. The van der Waals surface area contributed by atoms with Crippen LogP contribution in [0.2, 0.25) is 0 Å². The van der Waals surface area contributed by atoms with Crippen LogP contribution in [0.4, 0.5) is 0 Å². The van der Waals surface area contributed by atoms with E-state index in [1.165, 1.54) is 0 Å². The molecule has 4 nitrogen and oxygen atoms in total. The maximum atomic E-state index is 11.2. The highest BCUT2D eigenvalue weighted by molar-refractivity contribution is 6.04. The summed E-state index contributed by atoms with van der Waals surface area (Å²) in [4.78, 5) is 11.2. The van der Waals surface area contributed by atoms with Gasteiger partial charge in [-0.25, -0.2) is 4.79 Å². The lowest BCUT2D eigenvalue weighted by molar-refractivity contribution is 0.0698. The largest absolute Gasteiger partial charge is 0.478 e. The van der Waals surface area contributed by atoms with E-state index in [9.17, 15) is 15.0 Å². The third-order valence-corrected chi connectivity index (χ3v) is 2.93. The van der Waals surface area contributed by atoms with Gasteiger partial charge in [0.2, 0.25) is 0 Å². The molecule has 2 N–H and O–H groups in total. The highest BCUT2D eigenvalue weighted by atomic mass is 16.4. The number of aryl methyl sites for hydroxylation is 1. The summed E-state index contributed by atoms with van der Waals surface area (Å²) in [5, 5.41) is 19.5. The number of hydrogen-bond donors (Lipinski definition) is 2. The first-order valence-electron chi connectivity index (χ1n) is 6.02. The van der Waals surface area contributed by atoms with Crippen LogP contribution in [0, 0.1) is 0 Å². The Morgan fingerprint density at radius 2 is 2.05 bits per heavy atom. The van der Waals surface area contributed by atoms with Crippen molar-refractivity contribution < 1.29 is 15.0 Å². The fourth-order valence-corrected chi connectivity index (χ4v) is 1.98. The van der Waals surface area contributed by atoms with Gasteiger partial charge in [-0.3, -0.25) is 0 Å². The number of carboxylic acids is 1. The molecule has 100 valence electrons. The Morgan fingerprint density at radius 3 is 2.63 bits per heavy atom. The first-order chi connectivity index (χ1) is 8.78. The number of benzene rings is 1. The van der Waals surface area contributed by atoms with Gasteiger partial charge in [-0.1, -0.05) is 18.2 Å². The number of nitrogens with zero attached hydrogens (tertiary/aromatic N) is 1. The van der Waals surface area contributed by atoms with Crippen molar-refractivity contribution in [2.24, 2.45) is 7.05 Å². The van der Waals surface area contributed by atoms with E-state index in [0.29, 0.717) is 5.39 Å². The molecule has 0 spiro atoms. The Morgan fingerprint density at radius 1 is 1.37 bits per heavy atom. The smallest absolute Gasteiger partial charge is 0.337 e. The van der Waals surface area contributed by atoms with E-state index in [-0.39, 0.29) is 5.56 Å². The summed E-state index contributed by atoms with van der Waals surface area (Å²) >= 11 is 0. The van der Waals surface area contributed by atoms with E-state index >= 15 is 0 Å². The van der Waals surface area contributed by atoms with Crippen molar-refractivity contribution in [1.82, 2.24) is 4.57 Å². The molecule has 0 aliphatic carbocycles. The summed E-state index contributed by atoms with van der Waals surface area (Å²) < 4.78 is 1.79. The molecule has 1 aromatic carbocycles. The first-order valence-corrected chi connectivity index (χ1v) is 6.02. The zero-order valence-corrected chi connectivity index (χ0v) is 11.2. The van der Waals surface area contributed by atoms with Crippen molar-refractivity contribution in [3.05, 3.63) is 41.6 Å². The standard InChI is InChI=1S/C15H17NO3/c1-15(2,19)7-6-10-4-5-13-11(8-10)12(14(17)18)9-16(13)3/h4-9,19H,1-3H3,(H,17,18)/b7-6+. The van der Waals surface area contributed by atoms with Gasteiger partial charge in [-0.2, -0.15) is 0 Å². The van der Waals surface area contributed by atoms with Crippen LogP contribution in [0.3, 0.4) is 0 Å². The molecule has 0 fully saturated rings. The van der Waals surface area contributed by atoms with Gasteiger partial charge in [-0.15, -0.1) is 0 Å². The average molecular weight is 259 g/mol. The van der Waals surface area contributed by atoms with Crippen LogP contribution in [0.5, 0.6) is 0 Å². The van der Waals surface area contributed by atoms with Crippen LogP contribution in [-0.4, -0.2) is 26.4 Å². The molecule has 0 saturated carbocycles. The monoisotopic (exact) mass is 259 g/mol. The summed E-state index contributed by atoms with van der Waals surface area (Å²) in [6.07, 6.45) is 5.08. The van der Waals surface area contributed by atoms with Gasteiger partial charge < -0.3 is 14.8 Å². The minimum absolute atomic E-state index is 0.288. The number of hydrogen-bond acceptors (Lipinski definition) is 2. The van der Waals surface area contributed by atoms with Gasteiger partial charge in [0.05, 0.1) is 11.2 Å². The average Bonchev–Trinajstić information content (AvgIpc) is 2.63. The molecule has 0 unspecified atom stereocenters. The molecule has 0 aliphatic heterocycles. The molecular formula is C15H17NO3. The number of carboxylic acid groups (broad SMARTS) is 1. The molecule has 2 rings (SSSR count). The van der Waals surface area contributed by atoms with Crippen molar-refractivity contribution in [3.8, 4) is 0 Å². The number of rotatable bonds is 3. The van der Waals surface area contributed by atoms with Crippen molar-refractivity contribution in [2.45, 2.75) is 19.4 Å². The van der Waals surface area contributed by atoms with E-state index in [1.807, 2.05) is 25.2 Å². The minimum Gasteiger partial charge on any atom is -0.478 e. The van der Waals surface area contributed by atoms with Crippen molar-refractivity contribution in [3.63, 3.8) is 0 Å². The minimum atomic E-state index is -0.936. The molecule has 1 heterocycles. The predicted molar refractivity (Wildman–Crippen MR) is 75.2 cm³/mol. The van der Waals surface area contributed by atoms with Crippen molar-refractivity contribution >= 4 is 22.9 Å². The zero-order chi connectivity index (χ0) is 14.2. The number of aromatic nitrogens is 1. The van der Waals surface area contributed by atoms with E-state index in [0.717, 1.165) is 11.1 Å². The molecule has 0 saturated heterocycles. The summed E-state index contributed by atoms with van der Waals surface area (Å²) in [7, 11) is 1.82. The lowest BCUT2D eigenvalue weighted by Crippen LogP contribution is -2.13. The molecule has 2 aromatic rings. The molecule has 0 aliphatic rings. The van der Waals surface area contributed by atoms with E-state index in [2.05, 4.69) is 0 Å². The molecule has 4 heteroatoms. The van der Waals surface area contributed by atoms with E-state index in [4.69, 9.17) is 0 Å². The highest BCUT2D eigenvalue weighted by Gasteiger charge is 2.13. The van der Waals surface area contributed by atoms with Crippen LogP contribution in [0.25, 0.3) is 17.0 Å². The Kier molecular flexibility index (Phi) is 3.20. The SMILES string of the molecule is Cn1cc(C(=O)O)c2cc(/C=C/C(C)(C)O)ccc21. The van der Waals surface area contributed by atoms with E-state index in [1.54, 1.807) is 36.8 Å². The van der Waals surface area contributed by atoms with Gasteiger partial charge in [0, 0.05) is 24.1 Å². The van der Waals surface area contributed by atoms with Crippen molar-refractivity contribution in [1.29, 1.82) is 0 Å². The Labute approximate surface area is 111 Å². The molecular weight excluding hydrogens is 242 g/mol. The molecule has 0 radical (unpaired) electrons. The first kappa shape index (κ1) is 13.4. The normalized spacial score (nSPS) is 12.4. The second kappa shape index (κ2) is 4.55. The van der Waals surface area contributed by atoms with Gasteiger partial charge in [-0.05, 0) is 31.5 Å². The molecule has 1 aromatic heterocycles. The van der Waals surface area contributed by atoms with Crippen LogP contribution in [0.1, 0.15) is 29.8 Å². The van der Waals surface area contributed by atoms with Crippen LogP contribution >= 0.6 is 0 Å². The summed E-state index contributed by atoms with van der Waals surface area (Å²) in [6.45, 7) is 3.38. The summed E-state index contributed by atoms with van der Waals surface area (Å²) in [6, 6.07) is 5.60. The Hall–Kier alpha value is -2.07. The van der Waals surface area contributed by atoms with Gasteiger partial charge in [0.1, 0.15) is 0 Å². The topological polar surface area (TPSA) is 62.5 Å². The van der Waals surface area contributed by atoms with Crippen LogP contribution in [0.15, 0.2) is 30.5 Å². The van der Waals surface area contributed by atoms with E-state index < -0.39 is 11.6 Å². The number of aromatic carboxylic acids is 1. The number of carbonyl (C=O) groups is 1. The highest BCUT2D eigenvalue weighted by Crippen LogP contribution is 2.23. The Bertz CT molecular complexity index is 660. The third kappa shape index (κ3) is 2.85. The van der Waals surface area contributed by atoms with Crippen LogP contribution in [-0.2, 0) is 7.05 Å².